The molecule has 1 saturated heterocycles. The number of benzene rings is 1. The Hall–Kier alpha value is -2.80. The van der Waals surface area contributed by atoms with E-state index in [0.717, 1.165) is 11.0 Å². The van der Waals surface area contributed by atoms with Gasteiger partial charge in [0.15, 0.2) is 6.04 Å². The molecule has 1 saturated carbocycles. The first-order valence-corrected chi connectivity index (χ1v) is 10.2. The third kappa shape index (κ3) is 5.96. The Bertz CT molecular complexity index is 907. The molecular formula is C20H23F5N4O4. The van der Waals surface area contributed by atoms with Crippen molar-refractivity contribution in [3.8, 4) is 0 Å². The summed E-state index contributed by atoms with van der Waals surface area (Å²) in [7, 11) is 0. The lowest BCUT2D eigenvalue weighted by Gasteiger charge is -2.40. The number of rotatable bonds is 8. The van der Waals surface area contributed by atoms with E-state index in [-0.39, 0.29) is 31.1 Å². The van der Waals surface area contributed by atoms with E-state index in [9.17, 15) is 36.3 Å². The highest BCUT2D eigenvalue weighted by molar-refractivity contribution is 6.09. The molecule has 0 spiro atoms. The molecule has 8 nitrogen and oxygen atoms in total. The van der Waals surface area contributed by atoms with E-state index in [1.165, 1.54) is 12.1 Å². The smallest absolute Gasteiger partial charge is 0.370 e. The number of primary amides is 1. The zero-order valence-corrected chi connectivity index (χ0v) is 17.4. The quantitative estimate of drug-likeness (QED) is 0.440. The van der Waals surface area contributed by atoms with E-state index in [2.05, 4.69) is 5.32 Å². The van der Waals surface area contributed by atoms with Gasteiger partial charge < -0.3 is 20.7 Å². The van der Waals surface area contributed by atoms with Gasteiger partial charge in [-0.15, -0.1) is 0 Å². The van der Waals surface area contributed by atoms with Crippen molar-refractivity contribution in [2.75, 3.05) is 36.5 Å². The third-order valence-corrected chi connectivity index (χ3v) is 5.56. The summed E-state index contributed by atoms with van der Waals surface area (Å²) in [5.41, 5.74) is 4.45. The Morgan fingerprint density at radius 2 is 1.97 bits per heavy atom. The van der Waals surface area contributed by atoms with Gasteiger partial charge in [-0.3, -0.25) is 19.3 Å². The maximum Gasteiger partial charge on any atom is 0.401 e. The predicted molar refractivity (Wildman–Crippen MR) is 107 cm³/mol. The second kappa shape index (κ2) is 10.00. The highest BCUT2D eigenvalue weighted by Crippen LogP contribution is 2.34. The van der Waals surface area contributed by atoms with Gasteiger partial charge >= 0.3 is 6.18 Å². The molecule has 3 N–H and O–H groups in total. The summed E-state index contributed by atoms with van der Waals surface area (Å²) in [6, 6.07) is 0.737. The summed E-state index contributed by atoms with van der Waals surface area (Å²) in [6.45, 7) is -1.57. The van der Waals surface area contributed by atoms with Crippen LogP contribution in [0, 0.1) is 0 Å². The van der Waals surface area contributed by atoms with Crippen LogP contribution >= 0.6 is 0 Å². The molecule has 1 aliphatic carbocycles. The summed E-state index contributed by atoms with van der Waals surface area (Å²) in [5, 5.41) is 2.22. The van der Waals surface area contributed by atoms with Crippen LogP contribution in [-0.4, -0.2) is 67.2 Å². The molecule has 13 heteroatoms. The Morgan fingerprint density at radius 3 is 2.48 bits per heavy atom. The van der Waals surface area contributed by atoms with Gasteiger partial charge in [-0.05, 0) is 31.0 Å². The molecule has 1 aromatic carbocycles. The van der Waals surface area contributed by atoms with Crippen molar-refractivity contribution in [2.45, 2.75) is 43.9 Å². The van der Waals surface area contributed by atoms with Gasteiger partial charge in [-0.2, -0.15) is 13.2 Å². The van der Waals surface area contributed by atoms with Crippen LogP contribution in [0.1, 0.15) is 31.3 Å². The first-order valence-electron chi connectivity index (χ1n) is 10.2. The Kier molecular flexibility index (Phi) is 7.52. The number of nitrogens with zero attached hydrogens (tertiary/aromatic N) is 2. The molecule has 1 aromatic rings. The van der Waals surface area contributed by atoms with Gasteiger partial charge in [0.25, 0.3) is 18.2 Å². The number of nitrogens with two attached hydrogens (primary N) is 1. The topological polar surface area (TPSA) is 105 Å². The van der Waals surface area contributed by atoms with Crippen LogP contribution in [0.15, 0.2) is 18.2 Å². The molecule has 2 aliphatic rings. The number of alkyl halides is 5. The maximum atomic E-state index is 13.7. The normalized spacial score (nSPS) is 18.4. The minimum absolute atomic E-state index is 0.0573. The minimum atomic E-state index is -4.68. The molecule has 2 fully saturated rings. The number of anilines is 2. The molecule has 182 valence electrons. The Balaban J connectivity index is 1.85. The zero-order valence-electron chi connectivity index (χ0n) is 17.4. The standard InChI is InChI=1S/C20H23F5N4O4/c21-17(22)13-8-11(4-5-14(13)28-6-7-33-9-15(28)30)27-19(32)16(18(26)31)29(10-20(23,24)25)12-2-1-3-12/h4-5,8,12,16-17H,1-3,6-7,9-10H2,(H2,26,31)(H,27,32)/t16-/m0/s1. The number of hydrogen-bond acceptors (Lipinski definition) is 5. The molecule has 3 rings (SSSR count). The molecule has 33 heavy (non-hydrogen) atoms. The van der Waals surface area contributed by atoms with Gasteiger partial charge in [-0.25, -0.2) is 8.78 Å². The van der Waals surface area contributed by atoms with Crippen LogP contribution in [0.4, 0.5) is 33.3 Å². The van der Waals surface area contributed by atoms with Crippen molar-refractivity contribution in [1.29, 1.82) is 0 Å². The molecule has 3 amide bonds. The summed E-state index contributed by atoms with van der Waals surface area (Å²) >= 11 is 0. The number of carbonyl (C=O) groups is 3. The van der Waals surface area contributed by atoms with Gasteiger partial charge in [0.2, 0.25) is 5.91 Å². The van der Waals surface area contributed by atoms with Crippen LogP contribution in [0.3, 0.4) is 0 Å². The lowest BCUT2D eigenvalue weighted by molar-refractivity contribution is -0.165. The fourth-order valence-electron chi connectivity index (χ4n) is 3.84. The second-order valence-corrected chi connectivity index (χ2v) is 7.84. The Morgan fingerprint density at radius 1 is 1.27 bits per heavy atom. The molecule has 1 heterocycles. The fourth-order valence-corrected chi connectivity index (χ4v) is 3.84. The summed E-state index contributed by atoms with van der Waals surface area (Å²) in [6.07, 6.45) is -6.32. The number of carbonyl (C=O) groups excluding carboxylic acids is 3. The van der Waals surface area contributed by atoms with E-state index in [4.69, 9.17) is 10.5 Å². The lowest BCUT2D eigenvalue weighted by atomic mass is 9.90. The first kappa shape index (κ1) is 24.8. The van der Waals surface area contributed by atoms with Gasteiger partial charge in [0.05, 0.1) is 18.8 Å². The third-order valence-electron chi connectivity index (χ3n) is 5.56. The predicted octanol–water partition coefficient (Wildman–Crippen LogP) is 2.20. The lowest BCUT2D eigenvalue weighted by Crippen LogP contribution is -2.59. The molecule has 0 aromatic heterocycles. The minimum Gasteiger partial charge on any atom is -0.370 e. The molecule has 0 bridgehead atoms. The Labute approximate surface area is 185 Å². The zero-order chi connectivity index (χ0) is 24.3. The van der Waals surface area contributed by atoms with Crippen molar-refractivity contribution >= 4 is 29.1 Å². The van der Waals surface area contributed by atoms with Crippen LogP contribution in [0.25, 0.3) is 0 Å². The van der Waals surface area contributed by atoms with Crippen molar-refractivity contribution in [1.82, 2.24) is 4.90 Å². The number of hydrogen-bond donors (Lipinski definition) is 2. The highest BCUT2D eigenvalue weighted by Gasteiger charge is 2.44. The largest absolute Gasteiger partial charge is 0.401 e. The van der Waals surface area contributed by atoms with Crippen molar-refractivity contribution in [3.63, 3.8) is 0 Å². The number of amides is 3. The maximum absolute atomic E-state index is 13.7. The van der Waals surface area contributed by atoms with E-state index in [1.807, 2.05) is 0 Å². The summed E-state index contributed by atoms with van der Waals surface area (Å²) in [4.78, 5) is 38.6. The highest BCUT2D eigenvalue weighted by atomic mass is 19.4. The molecule has 0 unspecified atom stereocenters. The van der Waals surface area contributed by atoms with Crippen molar-refractivity contribution < 1.29 is 41.1 Å². The van der Waals surface area contributed by atoms with Gasteiger partial charge in [0, 0.05) is 23.8 Å². The van der Waals surface area contributed by atoms with E-state index < -0.39 is 54.5 Å². The monoisotopic (exact) mass is 478 g/mol. The molecular weight excluding hydrogens is 455 g/mol. The summed E-state index contributed by atoms with van der Waals surface area (Å²) < 4.78 is 71.6. The molecule has 1 aliphatic heterocycles. The van der Waals surface area contributed by atoms with Crippen LogP contribution in [0.5, 0.6) is 0 Å². The number of ether oxygens (including phenoxy) is 1. The number of morpholine rings is 1. The van der Waals surface area contributed by atoms with Crippen LogP contribution in [0.2, 0.25) is 0 Å². The van der Waals surface area contributed by atoms with Gasteiger partial charge in [0.1, 0.15) is 6.61 Å². The van der Waals surface area contributed by atoms with E-state index in [1.54, 1.807) is 0 Å². The first-order chi connectivity index (χ1) is 15.5. The van der Waals surface area contributed by atoms with Crippen LogP contribution < -0.4 is 16.0 Å². The number of halogens is 5. The molecule has 1 atom stereocenters. The van der Waals surface area contributed by atoms with Gasteiger partial charge in [-0.1, -0.05) is 6.42 Å². The average Bonchev–Trinajstić information content (AvgIpc) is 2.65. The average molecular weight is 478 g/mol. The van der Waals surface area contributed by atoms with Crippen molar-refractivity contribution in [2.24, 2.45) is 5.73 Å². The van der Waals surface area contributed by atoms with Crippen molar-refractivity contribution in [3.05, 3.63) is 23.8 Å². The van der Waals surface area contributed by atoms with Crippen LogP contribution in [-0.2, 0) is 19.1 Å². The number of nitrogens with one attached hydrogen (secondary N) is 1. The molecule has 0 radical (unpaired) electrons. The SMILES string of the molecule is NC(=O)[C@@H](C(=O)Nc1ccc(N2CCOCC2=O)c(C(F)F)c1)N(CC(F)(F)F)C1CCC1. The van der Waals surface area contributed by atoms with E-state index >= 15 is 0 Å². The second-order valence-electron chi connectivity index (χ2n) is 7.84. The van der Waals surface area contributed by atoms with E-state index in [0.29, 0.717) is 24.2 Å². The summed E-state index contributed by atoms with van der Waals surface area (Å²) in [5.74, 6) is -2.96. The fraction of sp³-hybridized carbons (Fsp3) is 0.550.